The fraction of sp³-hybridized carbons (Fsp3) is 0.426. The Morgan fingerprint density at radius 1 is 0.658 bits per heavy atom. The summed E-state index contributed by atoms with van der Waals surface area (Å²) in [5, 5.41) is 9.32. The lowest BCUT2D eigenvalue weighted by molar-refractivity contribution is -0.137. The minimum absolute atomic E-state index is 0.0322. The van der Waals surface area contributed by atoms with E-state index in [2.05, 4.69) is 0 Å². The van der Waals surface area contributed by atoms with Crippen molar-refractivity contribution in [2.24, 2.45) is 0 Å². The maximum Gasteiger partial charge on any atom is 0.303 e. The smallest absolute Gasteiger partial charge is 0.303 e. The number of allylic oxidation sites excluding steroid dienone is 5. The standard InChI is InChI=1S/C47H58N2O19S5/c1-5-48-37-18-16-33-35(27-31(70(55,56)57)29-39(33)72(61,62)63)44(37)46(2,20-12-26-69(52,53)54)41(48)13-8-6-9-14-42-47(3,21-23-68-25-24-67-4)45-36-28-32(71(58,59)60)30-40(73(64,65)66)34(36)17-19-38(45)49(42)22-11-7-10-15-43(50)51/h6,8-9,13-14,16-19,27-30,41H,5,7,10-12,15,20-26H2,1-4H3,(H,50,51)(H,52,53,54)(H,55,56,57)(H,58,59,60)(H,61,62,63)(H,64,65,66). The summed E-state index contributed by atoms with van der Waals surface area (Å²) >= 11 is 0. The van der Waals surface area contributed by atoms with Crippen molar-refractivity contribution in [3.63, 3.8) is 0 Å². The molecule has 26 heteroatoms. The Morgan fingerprint density at radius 3 is 1.75 bits per heavy atom. The van der Waals surface area contributed by atoms with Crippen LogP contribution in [0.2, 0.25) is 0 Å². The first-order chi connectivity index (χ1) is 33.9. The zero-order valence-corrected chi connectivity index (χ0v) is 44.3. The van der Waals surface area contributed by atoms with Gasteiger partial charge in [-0.25, -0.2) is 0 Å². The van der Waals surface area contributed by atoms with E-state index in [4.69, 9.17) is 9.47 Å². The highest BCUT2D eigenvalue weighted by atomic mass is 32.2. The van der Waals surface area contributed by atoms with Crippen LogP contribution < -0.4 is 9.80 Å². The number of ether oxygens (including phenoxy) is 2. The number of anilines is 2. The molecule has 2 aliphatic rings. The number of aliphatic carboxylic acids is 1. The molecular weight excluding hydrogens is 1060 g/mol. The minimum Gasteiger partial charge on any atom is -0.481 e. The molecule has 0 saturated carbocycles. The summed E-state index contributed by atoms with van der Waals surface area (Å²) in [5.41, 5.74) is 0.193. The van der Waals surface area contributed by atoms with Crippen molar-refractivity contribution in [2.75, 3.05) is 55.6 Å². The number of hydrogen-bond acceptors (Lipinski definition) is 15. The van der Waals surface area contributed by atoms with Gasteiger partial charge in [-0.15, -0.1) is 0 Å². The molecule has 0 aromatic heterocycles. The van der Waals surface area contributed by atoms with E-state index in [0.29, 0.717) is 72.7 Å². The first-order valence-electron chi connectivity index (χ1n) is 22.8. The third kappa shape index (κ3) is 12.5. The molecule has 4 aromatic rings. The lowest BCUT2D eigenvalue weighted by atomic mass is 9.73. The van der Waals surface area contributed by atoms with Crippen LogP contribution in [0.25, 0.3) is 21.5 Å². The van der Waals surface area contributed by atoms with Crippen molar-refractivity contribution in [1.29, 1.82) is 0 Å². The van der Waals surface area contributed by atoms with Crippen LogP contribution in [0.1, 0.15) is 76.8 Å². The Bertz CT molecular complexity index is 3490. The quantitative estimate of drug-likeness (QED) is 0.0245. The number of carboxylic acid groups (broad SMARTS) is 1. The molecule has 3 atom stereocenters. The number of nitrogens with zero attached hydrogens (tertiary/aromatic N) is 2. The molecule has 3 unspecified atom stereocenters. The average molecular weight is 1120 g/mol. The van der Waals surface area contributed by atoms with E-state index < -0.39 is 98.8 Å². The number of benzene rings is 4. The van der Waals surface area contributed by atoms with E-state index >= 15 is 0 Å². The molecule has 4 aromatic carbocycles. The summed E-state index contributed by atoms with van der Waals surface area (Å²) in [6, 6.07) is 8.89. The highest BCUT2D eigenvalue weighted by Gasteiger charge is 2.48. The number of unbranched alkanes of at least 4 members (excludes halogenated alkanes) is 2. The number of fused-ring (bicyclic) bond motifs is 6. The zero-order valence-electron chi connectivity index (χ0n) is 40.2. The second kappa shape index (κ2) is 21.8. The van der Waals surface area contributed by atoms with E-state index in [0.717, 1.165) is 12.1 Å². The highest BCUT2D eigenvalue weighted by molar-refractivity contribution is 7.87. The van der Waals surface area contributed by atoms with Crippen molar-refractivity contribution in [1.82, 2.24) is 0 Å². The van der Waals surface area contributed by atoms with Gasteiger partial charge in [0.15, 0.2) is 0 Å². The van der Waals surface area contributed by atoms with Gasteiger partial charge in [0.2, 0.25) is 0 Å². The second-order valence-corrected chi connectivity index (χ2v) is 25.5. The predicted octanol–water partition coefficient (Wildman–Crippen LogP) is 6.59. The van der Waals surface area contributed by atoms with Gasteiger partial charge >= 0.3 is 5.97 Å². The normalized spacial score (nSPS) is 20.3. The topological polar surface area (TPSA) is 334 Å². The van der Waals surface area contributed by atoms with Gasteiger partial charge in [0, 0.05) is 71.9 Å². The number of carbonyl (C=O) groups is 1. The summed E-state index contributed by atoms with van der Waals surface area (Å²) in [4.78, 5) is 12.1. The molecule has 6 rings (SSSR count). The van der Waals surface area contributed by atoms with Crippen LogP contribution >= 0.6 is 0 Å². The fourth-order valence-electron chi connectivity index (χ4n) is 10.3. The van der Waals surface area contributed by atoms with Gasteiger partial charge in [-0.2, -0.15) is 42.1 Å². The van der Waals surface area contributed by atoms with E-state index in [1.807, 2.05) is 23.6 Å². The molecule has 21 nitrogen and oxygen atoms in total. The Balaban J connectivity index is 1.53. The van der Waals surface area contributed by atoms with Crippen LogP contribution in [0.3, 0.4) is 0 Å². The van der Waals surface area contributed by atoms with Gasteiger partial charge < -0.3 is 24.4 Å². The molecule has 73 heavy (non-hydrogen) atoms. The second-order valence-electron chi connectivity index (χ2n) is 18.3. The highest BCUT2D eigenvalue weighted by Crippen LogP contribution is 2.55. The number of rotatable bonds is 24. The average Bonchev–Trinajstić information content (AvgIpc) is 3.66. The van der Waals surface area contributed by atoms with Gasteiger partial charge in [-0.3, -0.25) is 27.6 Å². The molecule has 2 heterocycles. The molecule has 400 valence electrons. The van der Waals surface area contributed by atoms with E-state index in [1.165, 1.54) is 19.2 Å². The molecule has 2 aliphatic heterocycles. The summed E-state index contributed by atoms with van der Waals surface area (Å²) in [5.74, 6) is -1.61. The molecule has 6 N–H and O–H groups in total. The first-order valence-corrected chi connectivity index (χ1v) is 30.2. The number of carboxylic acids is 1. The van der Waals surface area contributed by atoms with Gasteiger partial charge in [-0.05, 0) is 110 Å². The fourth-order valence-corrected chi connectivity index (χ4v) is 13.5. The number of methoxy groups -OCH3 is 1. The predicted molar refractivity (Wildman–Crippen MR) is 271 cm³/mol. The maximum absolute atomic E-state index is 12.8. The van der Waals surface area contributed by atoms with Crippen molar-refractivity contribution in [3.05, 3.63) is 95.7 Å². The summed E-state index contributed by atoms with van der Waals surface area (Å²) in [7, 11) is -23.2. The third-order valence-corrected chi connectivity index (χ3v) is 17.7. The third-order valence-electron chi connectivity index (χ3n) is 13.5. The Labute approximate surface area is 424 Å². The van der Waals surface area contributed by atoms with Gasteiger partial charge in [0.05, 0.1) is 34.8 Å². The monoisotopic (exact) mass is 1110 g/mol. The zero-order chi connectivity index (χ0) is 54.1. The van der Waals surface area contributed by atoms with Crippen LogP contribution in [0.4, 0.5) is 11.4 Å². The SMILES string of the molecule is CCN1c2ccc3c(S(=O)(=O)O)cc(S(=O)(=O)O)cc3c2C(C)(CCCS(=O)(=O)O)C1C=CC=CC=C1N(CCCCCC(=O)O)c2ccc3c(S(=O)(=O)O)cc(S(=O)(=O)O)cc3c2C1(C)CCOCCOC. The summed E-state index contributed by atoms with van der Waals surface area (Å²) in [6.45, 7) is 6.63. The van der Waals surface area contributed by atoms with Crippen LogP contribution in [0, 0.1) is 0 Å². The minimum atomic E-state index is -5.08. The van der Waals surface area contributed by atoms with E-state index in [1.54, 1.807) is 49.4 Å². The summed E-state index contributed by atoms with van der Waals surface area (Å²) < 4.78 is 187. The van der Waals surface area contributed by atoms with Crippen LogP contribution in [0.15, 0.2) is 104 Å². The van der Waals surface area contributed by atoms with Gasteiger partial charge in [-0.1, -0.05) is 49.8 Å². The molecule has 0 saturated heterocycles. The molecular formula is C47H58N2O19S5. The largest absolute Gasteiger partial charge is 0.481 e. The van der Waals surface area contributed by atoms with E-state index in [9.17, 15) is 74.8 Å². The van der Waals surface area contributed by atoms with Crippen molar-refractivity contribution >= 4 is 89.5 Å². The van der Waals surface area contributed by atoms with Crippen molar-refractivity contribution in [2.45, 2.75) is 102 Å². The van der Waals surface area contributed by atoms with Gasteiger partial charge in [0.1, 0.15) is 9.79 Å². The molecule has 0 aliphatic carbocycles. The summed E-state index contributed by atoms with van der Waals surface area (Å²) in [6.07, 6.45) is 10.1. The van der Waals surface area contributed by atoms with Crippen LogP contribution in [-0.2, 0) is 75.7 Å². The Kier molecular flexibility index (Phi) is 17.1. The van der Waals surface area contributed by atoms with Gasteiger partial charge in [0.25, 0.3) is 50.6 Å². The van der Waals surface area contributed by atoms with E-state index in [-0.39, 0.29) is 67.0 Å². The molecule has 0 spiro atoms. The molecule has 0 bridgehead atoms. The van der Waals surface area contributed by atoms with Crippen molar-refractivity contribution < 1.29 is 84.2 Å². The van der Waals surface area contributed by atoms with Crippen LogP contribution in [0.5, 0.6) is 0 Å². The number of likely N-dealkylation sites (N-methyl/N-ethyl adjacent to an activating group) is 1. The van der Waals surface area contributed by atoms with Crippen molar-refractivity contribution in [3.8, 4) is 0 Å². The molecule has 0 fully saturated rings. The maximum atomic E-state index is 12.8. The lowest BCUT2D eigenvalue weighted by Crippen LogP contribution is -2.42. The Morgan fingerprint density at radius 2 is 1.23 bits per heavy atom. The van der Waals surface area contributed by atoms with Crippen LogP contribution in [-0.4, -0.2) is 128 Å². The molecule has 0 radical (unpaired) electrons. The molecule has 0 amide bonds. The Hall–Kier alpha value is -4.84. The number of hydrogen-bond donors (Lipinski definition) is 6. The lowest BCUT2D eigenvalue weighted by Gasteiger charge is -2.35. The first kappa shape index (κ1) is 57.4.